The van der Waals surface area contributed by atoms with Crippen molar-refractivity contribution < 1.29 is 28.2 Å². The van der Waals surface area contributed by atoms with Gasteiger partial charge in [-0.2, -0.15) is 0 Å². The quantitative estimate of drug-likeness (QED) is 0.900. The van der Waals surface area contributed by atoms with Gasteiger partial charge >= 0.3 is 5.97 Å². The first-order valence-electron chi connectivity index (χ1n) is 5.36. The molecule has 0 radical (unpaired) electrons. The second-order valence-corrected chi connectivity index (χ2v) is 4.24. The number of fused-ring (bicyclic) bond motifs is 1. The third kappa shape index (κ3) is 2.69. The van der Waals surface area contributed by atoms with Crippen molar-refractivity contribution in [1.29, 1.82) is 0 Å². The SMILES string of the molecule is Cc1cc2c(cc1CC(F)(F)CC(=O)O)OCO2. The maximum absolute atomic E-state index is 13.4. The van der Waals surface area contributed by atoms with Gasteiger partial charge in [-0.1, -0.05) is 0 Å². The van der Waals surface area contributed by atoms with Crippen LogP contribution in [-0.2, 0) is 11.2 Å². The zero-order chi connectivity index (χ0) is 13.3. The number of aryl methyl sites for hydroxylation is 1. The molecule has 0 saturated heterocycles. The number of carboxylic acids is 1. The van der Waals surface area contributed by atoms with Crippen molar-refractivity contribution in [2.24, 2.45) is 0 Å². The first-order chi connectivity index (χ1) is 8.37. The molecule has 1 aromatic rings. The van der Waals surface area contributed by atoms with Crippen molar-refractivity contribution in [3.63, 3.8) is 0 Å². The van der Waals surface area contributed by atoms with Crippen LogP contribution in [0.25, 0.3) is 0 Å². The van der Waals surface area contributed by atoms with Gasteiger partial charge in [0.2, 0.25) is 6.79 Å². The largest absolute Gasteiger partial charge is 0.481 e. The molecule has 6 heteroatoms. The highest BCUT2D eigenvalue weighted by Gasteiger charge is 2.33. The third-order valence-corrected chi connectivity index (χ3v) is 2.69. The predicted molar refractivity (Wildman–Crippen MR) is 58.2 cm³/mol. The van der Waals surface area contributed by atoms with Gasteiger partial charge in [0.05, 0.1) is 0 Å². The van der Waals surface area contributed by atoms with Gasteiger partial charge in [-0.15, -0.1) is 0 Å². The Morgan fingerprint density at radius 1 is 1.39 bits per heavy atom. The van der Waals surface area contributed by atoms with E-state index in [1.54, 1.807) is 13.0 Å². The second kappa shape index (κ2) is 4.44. The molecular weight excluding hydrogens is 246 g/mol. The van der Waals surface area contributed by atoms with Crippen molar-refractivity contribution >= 4 is 5.97 Å². The highest BCUT2D eigenvalue weighted by Crippen LogP contribution is 2.36. The van der Waals surface area contributed by atoms with E-state index in [4.69, 9.17) is 14.6 Å². The zero-order valence-corrected chi connectivity index (χ0v) is 9.70. The highest BCUT2D eigenvalue weighted by molar-refractivity contribution is 5.68. The van der Waals surface area contributed by atoms with Crippen LogP contribution in [0.5, 0.6) is 11.5 Å². The summed E-state index contributed by atoms with van der Waals surface area (Å²) in [5.41, 5.74) is 0.995. The fourth-order valence-electron chi connectivity index (χ4n) is 1.84. The van der Waals surface area contributed by atoms with E-state index in [1.165, 1.54) is 6.07 Å². The molecule has 0 atom stereocenters. The fourth-order valence-corrected chi connectivity index (χ4v) is 1.84. The van der Waals surface area contributed by atoms with Gasteiger partial charge < -0.3 is 14.6 Å². The number of hydrogen-bond donors (Lipinski definition) is 1. The average Bonchev–Trinajstić information content (AvgIpc) is 2.62. The topological polar surface area (TPSA) is 55.8 Å². The van der Waals surface area contributed by atoms with E-state index in [9.17, 15) is 13.6 Å². The van der Waals surface area contributed by atoms with E-state index in [0.717, 1.165) is 0 Å². The van der Waals surface area contributed by atoms with Crippen LogP contribution in [0.1, 0.15) is 17.5 Å². The normalized spacial score (nSPS) is 13.7. The van der Waals surface area contributed by atoms with Gasteiger partial charge in [0, 0.05) is 6.42 Å². The van der Waals surface area contributed by atoms with Crippen LogP contribution < -0.4 is 9.47 Å². The summed E-state index contributed by atoms with van der Waals surface area (Å²) in [6, 6.07) is 3.10. The monoisotopic (exact) mass is 258 g/mol. The summed E-state index contributed by atoms with van der Waals surface area (Å²) in [6.45, 7) is 1.75. The number of hydrogen-bond acceptors (Lipinski definition) is 3. The number of alkyl halides is 2. The molecule has 0 aliphatic carbocycles. The highest BCUT2D eigenvalue weighted by atomic mass is 19.3. The molecule has 2 rings (SSSR count). The molecule has 0 fully saturated rings. The average molecular weight is 258 g/mol. The van der Waals surface area contributed by atoms with Crippen LogP contribution in [0.4, 0.5) is 8.78 Å². The standard InChI is InChI=1S/C12H12F2O4/c1-7-2-9-10(18-6-17-9)3-8(7)4-12(13,14)5-11(15)16/h2-3H,4-6H2,1H3,(H,15,16). The van der Waals surface area contributed by atoms with Crippen molar-refractivity contribution in [3.05, 3.63) is 23.3 Å². The molecule has 1 N–H and O–H groups in total. The minimum atomic E-state index is -3.27. The van der Waals surface area contributed by atoms with E-state index in [0.29, 0.717) is 22.6 Å². The van der Waals surface area contributed by atoms with Gasteiger partial charge in [-0.25, -0.2) is 8.78 Å². The lowest BCUT2D eigenvalue weighted by atomic mass is 9.99. The number of halogens is 2. The summed E-state index contributed by atoms with van der Waals surface area (Å²) in [6.07, 6.45) is -1.80. The van der Waals surface area contributed by atoms with E-state index in [1.807, 2.05) is 0 Å². The van der Waals surface area contributed by atoms with Crippen molar-refractivity contribution in [2.45, 2.75) is 25.7 Å². The van der Waals surface area contributed by atoms with Gasteiger partial charge in [0.25, 0.3) is 5.92 Å². The van der Waals surface area contributed by atoms with Gasteiger partial charge in [-0.3, -0.25) is 4.79 Å². The number of carbonyl (C=O) groups is 1. The Bertz CT molecular complexity index is 485. The molecule has 1 aliphatic heterocycles. The van der Waals surface area contributed by atoms with E-state index < -0.39 is 24.7 Å². The minimum Gasteiger partial charge on any atom is -0.481 e. The summed E-state index contributed by atoms with van der Waals surface area (Å²) in [5, 5.41) is 8.43. The third-order valence-electron chi connectivity index (χ3n) is 2.69. The maximum atomic E-state index is 13.4. The Hall–Kier alpha value is -1.85. The van der Waals surface area contributed by atoms with Crippen LogP contribution in [0.2, 0.25) is 0 Å². The molecule has 0 amide bonds. The van der Waals surface area contributed by atoms with Crippen molar-refractivity contribution in [1.82, 2.24) is 0 Å². The van der Waals surface area contributed by atoms with E-state index in [-0.39, 0.29) is 6.79 Å². The fraction of sp³-hybridized carbons (Fsp3) is 0.417. The molecule has 1 aliphatic rings. The summed E-state index contributed by atoms with van der Waals surface area (Å²) < 4.78 is 37.1. The Morgan fingerprint density at radius 3 is 2.61 bits per heavy atom. The van der Waals surface area contributed by atoms with Crippen LogP contribution >= 0.6 is 0 Å². The van der Waals surface area contributed by atoms with Gasteiger partial charge in [-0.05, 0) is 30.2 Å². The Balaban J connectivity index is 2.21. The Morgan fingerprint density at radius 2 is 2.00 bits per heavy atom. The summed E-state index contributed by atoms with van der Waals surface area (Å²) in [5.74, 6) is -3.84. The number of rotatable bonds is 4. The van der Waals surface area contributed by atoms with Crippen LogP contribution in [0.15, 0.2) is 12.1 Å². The molecule has 18 heavy (non-hydrogen) atoms. The molecule has 1 aromatic carbocycles. The second-order valence-electron chi connectivity index (χ2n) is 4.24. The van der Waals surface area contributed by atoms with Crippen LogP contribution in [-0.4, -0.2) is 23.8 Å². The van der Waals surface area contributed by atoms with E-state index >= 15 is 0 Å². The number of ether oxygens (including phenoxy) is 2. The first kappa shape index (κ1) is 12.6. The smallest absolute Gasteiger partial charge is 0.309 e. The molecule has 0 bridgehead atoms. The lowest BCUT2D eigenvalue weighted by molar-refractivity contribution is -0.144. The minimum absolute atomic E-state index is 0.0732. The lowest BCUT2D eigenvalue weighted by Crippen LogP contribution is -2.24. The van der Waals surface area contributed by atoms with Gasteiger partial charge in [0.1, 0.15) is 6.42 Å². The zero-order valence-electron chi connectivity index (χ0n) is 9.70. The van der Waals surface area contributed by atoms with E-state index in [2.05, 4.69) is 0 Å². The number of carboxylic acid groups (broad SMARTS) is 1. The molecule has 1 heterocycles. The van der Waals surface area contributed by atoms with Crippen molar-refractivity contribution in [3.8, 4) is 11.5 Å². The van der Waals surface area contributed by atoms with Crippen LogP contribution in [0, 0.1) is 6.92 Å². The first-order valence-corrected chi connectivity index (χ1v) is 5.36. The van der Waals surface area contributed by atoms with Crippen LogP contribution in [0.3, 0.4) is 0 Å². The number of aliphatic carboxylic acids is 1. The Kier molecular flexibility index (Phi) is 3.11. The molecule has 0 saturated carbocycles. The molecule has 98 valence electrons. The Labute approximate surface area is 102 Å². The molecule has 0 aromatic heterocycles. The molecule has 4 nitrogen and oxygen atoms in total. The van der Waals surface area contributed by atoms with Crippen molar-refractivity contribution in [2.75, 3.05) is 6.79 Å². The maximum Gasteiger partial charge on any atom is 0.309 e. The summed E-state index contributed by atoms with van der Waals surface area (Å²) in [4.78, 5) is 10.4. The molecular formula is C12H12F2O4. The summed E-state index contributed by atoms with van der Waals surface area (Å²) in [7, 11) is 0. The van der Waals surface area contributed by atoms with Gasteiger partial charge in [0.15, 0.2) is 11.5 Å². The molecule has 0 unspecified atom stereocenters. The number of benzene rings is 1. The summed E-state index contributed by atoms with van der Waals surface area (Å²) >= 11 is 0. The molecule has 0 spiro atoms. The predicted octanol–water partition coefficient (Wildman–Crippen LogP) is 2.38. The lowest BCUT2D eigenvalue weighted by Gasteiger charge is -2.16.